The van der Waals surface area contributed by atoms with Crippen molar-refractivity contribution in [2.45, 2.75) is 77.5 Å². The third kappa shape index (κ3) is 6.88. The first-order chi connectivity index (χ1) is 13.2. The summed E-state index contributed by atoms with van der Waals surface area (Å²) in [5.41, 5.74) is 1.48. The van der Waals surface area contributed by atoms with Gasteiger partial charge in [-0.2, -0.15) is 5.26 Å². The van der Waals surface area contributed by atoms with E-state index in [4.69, 9.17) is 10.00 Å². The van der Waals surface area contributed by atoms with Crippen molar-refractivity contribution in [3.8, 4) is 6.07 Å². The van der Waals surface area contributed by atoms with Crippen molar-refractivity contribution >= 4 is 12.0 Å². The van der Waals surface area contributed by atoms with E-state index < -0.39 is 11.7 Å². The minimum atomic E-state index is -0.561. The Labute approximate surface area is 167 Å². The number of nitrogens with zero attached hydrogens (tertiary/aromatic N) is 1. The highest BCUT2D eigenvalue weighted by Crippen LogP contribution is 2.24. The molecule has 6 nitrogen and oxygen atoms in total. The van der Waals surface area contributed by atoms with E-state index >= 15 is 0 Å². The Morgan fingerprint density at radius 3 is 2.79 bits per heavy atom. The van der Waals surface area contributed by atoms with Crippen molar-refractivity contribution in [2.24, 2.45) is 5.92 Å². The molecule has 1 aromatic carbocycles. The zero-order valence-electron chi connectivity index (χ0n) is 17.2. The first kappa shape index (κ1) is 21.7. The smallest absolute Gasteiger partial charge is 0.408 e. The summed E-state index contributed by atoms with van der Waals surface area (Å²) in [6.45, 7) is 7.41. The maximum Gasteiger partial charge on any atom is 0.408 e. The fourth-order valence-electron chi connectivity index (χ4n) is 3.38. The number of amides is 2. The van der Waals surface area contributed by atoms with Crippen LogP contribution in [0.1, 0.15) is 70.5 Å². The number of hydrogen-bond donors (Lipinski definition) is 2. The Kier molecular flexibility index (Phi) is 7.45. The topological polar surface area (TPSA) is 91.2 Å². The van der Waals surface area contributed by atoms with Crippen LogP contribution in [-0.2, 0) is 16.0 Å². The summed E-state index contributed by atoms with van der Waals surface area (Å²) >= 11 is 0. The SMILES string of the molecule is C[C@@H]1CCC[C@H](NC(=O)OC(C)(C)C)c2cccc(c2)C[C@H](CC#N)NC1=O. The lowest BCUT2D eigenvalue weighted by Gasteiger charge is -2.26. The summed E-state index contributed by atoms with van der Waals surface area (Å²) in [4.78, 5) is 24.8. The molecule has 0 radical (unpaired) electrons. The molecule has 0 aromatic heterocycles. The van der Waals surface area contributed by atoms with E-state index in [1.165, 1.54) is 0 Å². The van der Waals surface area contributed by atoms with E-state index in [9.17, 15) is 9.59 Å². The number of carbonyl (C=O) groups excluding carboxylic acids is 2. The third-order valence-electron chi connectivity index (χ3n) is 4.79. The molecular formula is C22H31N3O3. The molecule has 152 valence electrons. The summed E-state index contributed by atoms with van der Waals surface area (Å²) in [5, 5.41) is 15.1. The van der Waals surface area contributed by atoms with Crippen LogP contribution in [0.15, 0.2) is 24.3 Å². The zero-order chi connectivity index (χ0) is 20.7. The lowest BCUT2D eigenvalue weighted by Crippen LogP contribution is -2.39. The molecule has 3 atom stereocenters. The minimum Gasteiger partial charge on any atom is -0.444 e. The summed E-state index contributed by atoms with van der Waals surface area (Å²) in [7, 11) is 0. The van der Waals surface area contributed by atoms with Gasteiger partial charge in [0.1, 0.15) is 5.60 Å². The van der Waals surface area contributed by atoms with Gasteiger partial charge in [-0.3, -0.25) is 4.79 Å². The van der Waals surface area contributed by atoms with Crippen LogP contribution in [0.4, 0.5) is 4.79 Å². The first-order valence-corrected chi connectivity index (χ1v) is 9.93. The van der Waals surface area contributed by atoms with Crippen LogP contribution < -0.4 is 10.6 Å². The van der Waals surface area contributed by atoms with Gasteiger partial charge in [0, 0.05) is 12.0 Å². The van der Waals surface area contributed by atoms with Gasteiger partial charge in [0.25, 0.3) is 0 Å². The molecule has 1 aliphatic heterocycles. The molecule has 1 aliphatic rings. The second kappa shape index (κ2) is 9.59. The summed E-state index contributed by atoms with van der Waals surface area (Å²) in [6, 6.07) is 9.75. The lowest BCUT2D eigenvalue weighted by atomic mass is 9.93. The van der Waals surface area contributed by atoms with Gasteiger partial charge in [0.05, 0.1) is 18.5 Å². The second-order valence-corrected chi connectivity index (χ2v) is 8.55. The molecule has 0 unspecified atom stereocenters. The van der Waals surface area contributed by atoms with E-state index in [0.29, 0.717) is 6.42 Å². The van der Waals surface area contributed by atoms with Crippen molar-refractivity contribution in [3.63, 3.8) is 0 Å². The molecule has 0 saturated carbocycles. The monoisotopic (exact) mass is 385 g/mol. The van der Waals surface area contributed by atoms with Crippen LogP contribution in [0.2, 0.25) is 0 Å². The van der Waals surface area contributed by atoms with E-state index in [0.717, 1.165) is 30.4 Å². The summed E-state index contributed by atoms with van der Waals surface area (Å²) in [5.74, 6) is -0.158. The average molecular weight is 386 g/mol. The van der Waals surface area contributed by atoms with Gasteiger partial charge in [-0.05, 0) is 51.2 Å². The normalized spacial score (nSPS) is 23.4. The molecule has 6 heteroatoms. The number of carbonyl (C=O) groups is 2. The minimum absolute atomic E-state index is 0.0198. The molecule has 0 aliphatic carbocycles. The molecule has 1 aromatic rings. The zero-order valence-corrected chi connectivity index (χ0v) is 17.2. The van der Waals surface area contributed by atoms with Gasteiger partial charge in [-0.1, -0.05) is 37.6 Å². The molecule has 2 rings (SSSR count). The predicted octanol–water partition coefficient (Wildman–Crippen LogP) is 4.01. The van der Waals surface area contributed by atoms with E-state index in [1.807, 2.05) is 52.0 Å². The molecule has 2 amide bonds. The van der Waals surface area contributed by atoms with Crippen molar-refractivity contribution in [2.75, 3.05) is 0 Å². The number of alkyl carbamates (subject to hydrolysis) is 1. The van der Waals surface area contributed by atoms with E-state index in [2.05, 4.69) is 16.7 Å². The highest BCUT2D eigenvalue weighted by molar-refractivity contribution is 5.78. The summed E-state index contributed by atoms with van der Waals surface area (Å²) in [6.07, 6.45) is 2.64. The van der Waals surface area contributed by atoms with Gasteiger partial charge in [-0.15, -0.1) is 0 Å². The Morgan fingerprint density at radius 2 is 2.11 bits per heavy atom. The van der Waals surface area contributed by atoms with Crippen LogP contribution in [0.3, 0.4) is 0 Å². The summed E-state index contributed by atoms with van der Waals surface area (Å²) < 4.78 is 5.42. The standard InChI is InChI=1S/C22H31N3O3/c1-15-7-5-10-19(25-21(27)28-22(2,3)4)17-9-6-8-16(13-17)14-18(11-12-23)24-20(15)26/h6,8-9,13,15,18-19H,5,7,10-11,14H2,1-4H3,(H,24,26)(H,25,27)/t15-,18+,19+/m1/s1. The number of fused-ring (bicyclic) bond motifs is 2. The van der Waals surface area contributed by atoms with Crippen LogP contribution in [-0.4, -0.2) is 23.6 Å². The Balaban J connectivity index is 2.26. The van der Waals surface area contributed by atoms with Gasteiger partial charge in [-0.25, -0.2) is 4.79 Å². The van der Waals surface area contributed by atoms with Gasteiger partial charge in [0.2, 0.25) is 5.91 Å². The van der Waals surface area contributed by atoms with Crippen molar-refractivity contribution in [1.29, 1.82) is 5.26 Å². The molecule has 1 heterocycles. The van der Waals surface area contributed by atoms with Crippen molar-refractivity contribution in [3.05, 3.63) is 35.4 Å². The fourth-order valence-corrected chi connectivity index (χ4v) is 3.38. The lowest BCUT2D eigenvalue weighted by molar-refractivity contribution is -0.125. The molecule has 2 bridgehead atoms. The van der Waals surface area contributed by atoms with E-state index in [-0.39, 0.29) is 30.3 Å². The van der Waals surface area contributed by atoms with Crippen LogP contribution >= 0.6 is 0 Å². The van der Waals surface area contributed by atoms with Crippen LogP contribution in [0.5, 0.6) is 0 Å². The molecule has 2 N–H and O–H groups in total. The van der Waals surface area contributed by atoms with Crippen LogP contribution in [0.25, 0.3) is 0 Å². The number of nitrogens with one attached hydrogen (secondary N) is 2. The van der Waals surface area contributed by atoms with Crippen molar-refractivity contribution < 1.29 is 14.3 Å². The van der Waals surface area contributed by atoms with Gasteiger partial charge >= 0.3 is 6.09 Å². The molecular weight excluding hydrogens is 354 g/mol. The predicted molar refractivity (Wildman–Crippen MR) is 107 cm³/mol. The maximum atomic E-state index is 12.4. The molecule has 28 heavy (non-hydrogen) atoms. The number of ether oxygens (including phenoxy) is 1. The van der Waals surface area contributed by atoms with Crippen molar-refractivity contribution in [1.82, 2.24) is 10.6 Å². The van der Waals surface area contributed by atoms with E-state index in [1.54, 1.807) is 0 Å². The van der Waals surface area contributed by atoms with Crippen LogP contribution in [0, 0.1) is 17.2 Å². The maximum absolute atomic E-state index is 12.4. The Bertz CT molecular complexity index is 733. The quantitative estimate of drug-likeness (QED) is 0.804. The molecule has 0 saturated heterocycles. The highest BCUT2D eigenvalue weighted by atomic mass is 16.6. The number of hydrogen-bond acceptors (Lipinski definition) is 4. The average Bonchev–Trinajstić information content (AvgIpc) is 2.58. The second-order valence-electron chi connectivity index (χ2n) is 8.55. The van der Waals surface area contributed by atoms with Gasteiger partial charge < -0.3 is 15.4 Å². The first-order valence-electron chi connectivity index (χ1n) is 9.93. The third-order valence-corrected chi connectivity index (χ3v) is 4.79. The number of nitriles is 1. The largest absolute Gasteiger partial charge is 0.444 e. The van der Waals surface area contributed by atoms with Gasteiger partial charge in [0.15, 0.2) is 0 Å². The Hall–Kier alpha value is -2.55. The highest BCUT2D eigenvalue weighted by Gasteiger charge is 2.23. The molecule has 0 spiro atoms. The number of benzene rings is 1. The molecule has 0 fully saturated rings. The Morgan fingerprint density at radius 1 is 1.36 bits per heavy atom. The fraction of sp³-hybridized carbons (Fsp3) is 0.591. The number of rotatable bonds is 2.